The number of hydrogen-bond acceptors (Lipinski definition) is 2. The highest BCUT2D eigenvalue weighted by Crippen LogP contribution is 2.31. The highest BCUT2D eigenvalue weighted by atomic mass is 79.9. The minimum Gasteiger partial charge on any atom is -0.388 e. The monoisotopic (exact) mass is 280 g/mol. The molecule has 2 rings (SSSR count). The van der Waals surface area contributed by atoms with Gasteiger partial charge in [-0.25, -0.2) is 0 Å². The van der Waals surface area contributed by atoms with Crippen LogP contribution in [0.15, 0.2) is 34.8 Å². The normalized spacial score (nSPS) is 24.1. The van der Waals surface area contributed by atoms with Gasteiger partial charge >= 0.3 is 0 Å². The molecule has 0 radical (unpaired) electrons. The van der Waals surface area contributed by atoms with Gasteiger partial charge in [-0.05, 0) is 35.8 Å². The second-order valence-electron chi connectivity index (χ2n) is 3.93. The van der Waals surface area contributed by atoms with Crippen molar-refractivity contribution in [2.24, 2.45) is 0 Å². The van der Waals surface area contributed by atoms with Gasteiger partial charge in [-0.3, -0.25) is 4.79 Å². The first kappa shape index (κ1) is 11.6. The van der Waals surface area contributed by atoms with Crippen molar-refractivity contribution in [3.05, 3.63) is 46.0 Å². The molecule has 1 aliphatic carbocycles. The molecule has 1 N–H and O–H groups in total. The number of halogens is 1. The Morgan fingerprint density at radius 3 is 2.75 bits per heavy atom. The van der Waals surface area contributed by atoms with Gasteiger partial charge in [0.2, 0.25) is 0 Å². The Kier molecular flexibility index (Phi) is 3.26. The molecule has 0 heterocycles. The van der Waals surface area contributed by atoms with Crippen LogP contribution in [0.4, 0.5) is 0 Å². The second kappa shape index (κ2) is 4.52. The van der Waals surface area contributed by atoms with Crippen molar-refractivity contribution in [1.29, 1.82) is 0 Å². The lowest BCUT2D eigenvalue weighted by molar-refractivity contribution is -0.116. The zero-order valence-corrected chi connectivity index (χ0v) is 10.6. The molecular formula is C13H13BrO2. The highest BCUT2D eigenvalue weighted by Gasteiger charge is 2.31. The van der Waals surface area contributed by atoms with Crippen LogP contribution in [0.1, 0.15) is 24.0 Å². The smallest absolute Gasteiger partial charge is 0.165 e. The first-order valence-electron chi connectivity index (χ1n) is 5.32. The van der Waals surface area contributed by atoms with E-state index in [0.717, 1.165) is 22.0 Å². The van der Waals surface area contributed by atoms with Gasteiger partial charge < -0.3 is 5.11 Å². The maximum Gasteiger partial charge on any atom is 0.165 e. The van der Waals surface area contributed by atoms with E-state index in [1.165, 1.54) is 6.08 Å². The van der Waals surface area contributed by atoms with E-state index >= 15 is 0 Å². The molecule has 0 aliphatic heterocycles. The van der Waals surface area contributed by atoms with Crippen LogP contribution in [0.5, 0.6) is 0 Å². The lowest BCUT2D eigenvalue weighted by atomic mass is 9.89. The number of aryl methyl sites for hydroxylation is 1. The summed E-state index contributed by atoms with van der Waals surface area (Å²) < 4.78 is 0.937. The summed E-state index contributed by atoms with van der Waals surface area (Å²) in [6, 6.07) is 5.89. The summed E-state index contributed by atoms with van der Waals surface area (Å²) in [5, 5.41) is 9.80. The Balaban J connectivity index is 2.46. The minimum absolute atomic E-state index is 0.0136. The lowest BCUT2D eigenvalue weighted by Gasteiger charge is -2.17. The van der Waals surface area contributed by atoms with Gasteiger partial charge in [0.25, 0.3) is 0 Å². The summed E-state index contributed by atoms with van der Waals surface area (Å²) in [5.74, 6) is -0.437. The molecule has 16 heavy (non-hydrogen) atoms. The zero-order chi connectivity index (χ0) is 11.7. The largest absolute Gasteiger partial charge is 0.388 e. The number of rotatable bonds is 2. The molecule has 0 saturated heterocycles. The molecule has 2 unspecified atom stereocenters. The quantitative estimate of drug-likeness (QED) is 0.904. The number of carbonyl (C=O) groups excluding carboxylic acids is 1. The molecule has 1 aromatic rings. The maximum atomic E-state index is 11.7. The number of benzene rings is 1. The summed E-state index contributed by atoms with van der Waals surface area (Å²) >= 11 is 3.40. The van der Waals surface area contributed by atoms with Gasteiger partial charge in [0.05, 0.1) is 12.0 Å². The summed E-state index contributed by atoms with van der Waals surface area (Å²) in [5.41, 5.74) is 2.05. The molecule has 0 fully saturated rings. The number of carbonyl (C=O) groups is 1. The fourth-order valence-electron chi connectivity index (χ4n) is 2.09. The first-order valence-corrected chi connectivity index (χ1v) is 6.11. The zero-order valence-electron chi connectivity index (χ0n) is 8.98. The molecule has 84 valence electrons. The van der Waals surface area contributed by atoms with Crippen molar-refractivity contribution in [3.63, 3.8) is 0 Å². The van der Waals surface area contributed by atoms with Crippen LogP contribution < -0.4 is 0 Å². The van der Waals surface area contributed by atoms with Crippen molar-refractivity contribution in [3.8, 4) is 0 Å². The lowest BCUT2D eigenvalue weighted by Crippen LogP contribution is -2.19. The van der Waals surface area contributed by atoms with E-state index in [0.29, 0.717) is 0 Å². The van der Waals surface area contributed by atoms with Crippen molar-refractivity contribution in [1.82, 2.24) is 0 Å². The Bertz CT molecular complexity index is 451. The summed E-state index contributed by atoms with van der Waals surface area (Å²) in [7, 11) is 0. The van der Waals surface area contributed by atoms with Crippen molar-refractivity contribution >= 4 is 21.7 Å². The Hall–Kier alpha value is -0.930. The van der Waals surface area contributed by atoms with Crippen LogP contribution in [0.3, 0.4) is 0 Å². The topological polar surface area (TPSA) is 37.3 Å². The van der Waals surface area contributed by atoms with Crippen molar-refractivity contribution in [2.75, 3.05) is 0 Å². The molecule has 0 aromatic heterocycles. The highest BCUT2D eigenvalue weighted by molar-refractivity contribution is 9.10. The van der Waals surface area contributed by atoms with E-state index < -0.39 is 12.0 Å². The minimum atomic E-state index is -0.688. The van der Waals surface area contributed by atoms with Crippen LogP contribution in [0.25, 0.3) is 0 Å². The maximum absolute atomic E-state index is 11.7. The van der Waals surface area contributed by atoms with Crippen LogP contribution in [0, 0.1) is 0 Å². The van der Waals surface area contributed by atoms with Crippen LogP contribution in [0.2, 0.25) is 0 Å². The van der Waals surface area contributed by atoms with E-state index in [2.05, 4.69) is 15.9 Å². The SMILES string of the molecule is CCc1ccc(Br)cc1C1C(=O)C=CC1O. The molecule has 1 aromatic carbocycles. The standard InChI is InChI=1S/C13H13BrO2/c1-2-8-3-4-9(14)7-10(8)13-11(15)5-6-12(13)16/h3-7,11,13,15H,2H2,1H3. The molecule has 0 saturated carbocycles. The van der Waals surface area contributed by atoms with Gasteiger partial charge in [-0.2, -0.15) is 0 Å². The predicted octanol–water partition coefficient (Wildman–Crippen LogP) is 2.59. The molecule has 3 heteroatoms. The average molecular weight is 281 g/mol. The number of ketones is 1. The Labute approximate surface area is 103 Å². The third-order valence-electron chi connectivity index (χ3n) is 2.93. The van der Waals surface area contributed by atoms with Crippen LogP contribution >= 0.6 is 15.9 Å². The Morgan fingerprint density at radius 2 is 2.19 bits per heavy atom. The van der Waals surface area contributed by atoms with Gasteiger partial charge in [0.15, 0.2) is 5.78 Å². The molecule has 0 amide bonds. The molecular weight excluding hydrogens is 268 g/mol. The van der Waals surface area contributed by atoms with E-state index in [9.17, 15) is 9.90 Å². The van der Waals surface area contributed by atoms with Crippen LogP contribution in [-0.4, -0.2) is 17.0 Å². The third-order valence-corrected chi connectivity index (χ3v) is 3.42. The average Bonchev–Trinajstić information content (AvgIpc) is 2.58. The molecule has 1 aliphatic rings. The van der Waals surface area contributed by atoms with Gasteiger partial charge in [0.1, 0.15) is 0 Å². The number of aliphatic hydroxyl groups is 1. The van der Waals surface area contributed by atoms with E-state index in [-0.39, 0.29) is 5.78 Å². The predicted molar refractivity (Wildman–Crippen MR) is 66.4 cm³/mol. The summed E-state index contributed by atoms with van der Waals surface area (Å²) in [4.78, 5) is 11.7. The molecule has 0 bridgehead atoms. The van der Waals surface area contributed by atoms with Gasteiger partial charge in [0, 0.05) is 4.47 Å². The van der Waals surface area contributed by atoms with E-state index in [1.54, 1.807) is 6.08 Å². The fraction of sp³-hybridized carbons (Fsp3) is 0.308. The second-order valence-corrected chi connectivity index (χ2v) is 4.84. The van der Waals surface area contributed by atoms with Gasteiger partial charge in [-0.1, -0.05) is 35.0 Å². The number of hydrogen-bond donors (Lipinski definition) is 1. The fourth-order valence-corrected chi connectivity index (χ4v) is 2.47. The Morgan fingerprint density at radius 1 is 1.44 bits per heavy atom. The summed E-state index contributed by atoms with van der Waals surface area (Å²) in [6.07, 6.45) is 3.20. The number of allylic oxidation sites excluding steroid dienone is 1. The molecule has 2 atom stereocenters. The van der Waals surface area contributed by atoms with E-state index in [1.807, 2.05) is 25.1 Å². The van der Waals surface area contributed by atoms with Crippen molar-refractivity contribution in [2.45, 2.75) is 25.4 Å². The molecule has 0 spiro atoms. The van der Waals surface area contributed by atoms with Gasteiger partial charge in [-0.15, -0.1) is 0 Å². The molecule has 2 nitrogen and oxygen atoms in total. The van der Waals surface area contributed by atoms with Crippen molar-refractivity contribution < 1.29 is 9.90 Å². The first-order chi connectivity index (χ1) is 7.63. The number of aliphatic hydroxyl groups excluding tert-OH is 1. The van der Waals surface area contributed by atoms with Crippen LogP contribution in [-0.2, 0) is 11.2 Å². The third kappa shape index (κ3) is 1.97. The van der Waals surface area contributed by atoms with E-state index in [4.69, 9.17) is 0 Å². The summed E-state index contributed by atoms with van der Waals surface area (Å²) in [6.45, 7) is 2.05.